The molecule has 140 valence electrons. The van der Waals surface area contributed by atoms with Crippen molar-refractivity contribution in [1.82, 2.24) is 10.6 Å². The van der Waals surface area contributed by atoms with E-state index in [1.807, 2.05) is 25.1 Å². The van der Waals surface area contributed by atoms with Gasteiger partial charge in [0.2, 0.25) is 0 Å². The summed E-state index contributed by atoms with van der Waals surface area (Å²) < 4.78 is 24.6. The van der Waals surface area contributed by atoms with Gasteiger partial charge in [-0.1, -0.05) is 36.4 Å². The molecular formula is C19H25N3O2S2. The van der Waals surface area contributed by atoms with Crippen LogP contribution in [0.5, 0.6) is 0 Å². The van der Waals surface area contributed by atoms with Crippen molar-refractivity contribution < 1.29 is 8.42 Å². The van der Waals surface area contributed by atoms with Crippen LogP contribution < -0.4 is 10.6 Å². The molecule has 2 aromatic rings. The lowest BCUT2D eigenvalue weighted by Gasteiger charge is -2.11. The molecule has 0 radical (unpaired) electrons. The lowest BCUT2D eigenvalue weighted by Crippen LogP contribution is -2.38. The third-order valence-electron chi connectivity index (χ3n) is 3.48. The highest BCUT2D eigenvalue weighted by atomic mass is 32.2. The van der Waals surface area contributed by atoms with E-state index in [2.05, 4.69) is 27.8 Å². The molecular weight excluding hydrogens is 366 g/mol. The monoisotopic (exact) mass is 391 g/mol. The summed E-state index contributed by atoms with van der Waals surface area (Å²) in [7, 11) is -3.30. The number of thioether (sulfide) groups is 1. The number of aliphatic imine (C=N–C) groups is 1. The summed E-state index contributed by atoms with van der Waals surface area (Å²) in [5, 5.41) is 6.38. The second-order valence-corrected chi connectivity index (χ2v) is 8.76. The first-order valence-corrected chi connectivity index (χ1v) is 11.2. The second kappa shape index (κ2) is 10.9. The van der Waals surface area contributed by atoms with Crippen LogP contribution in [0.15, 0.2) is 75.4 Å². The quantitative estimate of drug-likeness (QED) is 0.298. The number of benzene rings is 2. The Balaban J connectivity index is 1.80. The van der Waals surface area contributed by atoms with E-state index < -0.39 is 9.84 Å². The summed E-state index contributed by atoms with van der Waals surface area (Å²) in [4.78, 5) is 5.94. The van der Waals surface area contributed by atoms with E-state index in [1.54, 1.807) is 42.1 Å². The number of nitrogens with zero attached hydrogens (tertiary/aromatic N) is 1. The number of hydrogen-bond donors (Lipinski definition) is 2. The van der Waals surface area contributed by atoms with E-state index in [4.69, 9.17) is 0 Å². The van der Waals surface area contributed by atoms with Crippen LogP contribution in [0.2, 0.25) is 0 Å². The zero-order valence-electron chi connectivity index (χ0n) is 14.9. The summed E-state index contributed by atoms with van der Waals surface area (Å²) in [6.45, 7) is 3.68. The summed E-state index contributed by atoms with van der Waals surface area (Å²) in [6.07, 6.45) is 0. The number of nitrogens with one attached hydrogen (secondary N) is 2. The average Bonchev–Trinajstić information content (AvgIpc) is 2.66. The molecule has 0 spiro atoms. The Hall–Kier alpha value is -1.99. The molecule has 2 aromatic carbocycles. The van der Waals surface area contributed by atoms with Crippen LogP contribution in [0.25, 0.3) is 0 Å². The average molecular weight is 392 g/mol. The minimum Gasteiger partial charge on any atom is -0.357 e. The molecule has 0 aliphatic rings. The Morgan fingerprint density at radius 2 is 1.65 bits per heavy atom. The van der Waals surface area contributed by atoms with Crippen LogP contribution in [0.3, 0.4) is 0 Å². The number of guanidine groups is 1. The summed E-state index contributed by atoms with van der Waals surface area (Å²) in [5.41, 5.74) is 0. The molecule has 2 rings (SSSR count). The zero-order chi connectivity index (χ0) is 18.7. The summed E-state index contributed by atoms with van der Waals surface area (Å²) >= 11 is 1.76. The van der Waals surface area contributed by atoms with Crippen LogP contribution in [0, 0.1) is 0 Å². The standard InChI is InChI=1S/C19H25N3O2S2/c1-2-20-19(21-13-15-25-17-9-5-3-6-10-17)22-14-16-26(23,24)18-11-7-4-8-12-18/h3-12H,2,13-16H2,1H3,(H2,20,21,22). The van der Waals surface area contributed by atoms with Gasteiger partial charge in [-0.15, -0.1) is 11.8 Å². The Morgan fingerprint density at radius 3 is 2.31 bits per heavy atom. The van der Waals surface area contributed by atoms with Crippen LogP contribution in [-0.4, -0.2) is 45.5 Å². The van der Waals surface area contributed by atoms with Crippen molar-refractivity contribution in [2.24, 2.45) is 4.99 Å². The SMILES string of the molecule is CCNC(=NCCS(=O)(=O)c1ccccc1)NCCSc1ccccc1. The number of hydrogen-bond acceptors (Lipinski definition) is 4. The molecule has 0 aromatic heterocycles. The van der Waals surface area contributed by atoms with Crippen LogP contribution >= 0.6 is 11.8 Å². The van der Waals surface area contributed by atoms with E-state index in [1.165, 1.54) is 4.90 Å². The topological polar surface area (TPSA) is 70.6 Å². The maximum atomic E-state index is 12.3. The van der Waals surface area contributed by atoms with Gasteiger partial charge in [0.1, 0.15) is 0 Å². The fourth-order valence-corrected chi connectivity index (χ4v) is 4.15. The third kappa shape index (κ3) is 7.09. The van der Waals surface area contributed by atoms with Gasteiger partial charge in [0.05, 0.1) is 17.2 Å². The fourth-order valence-electron chi connectivity index (χ4n) is 2.22. The smallest absolute Gasteiger partial charge is 0.191 e. The van der Waals surface area contributed by atoms with E-state index in [9.17, 15) is 8.42 Å². The highest BCUT2D eigenvalue weighted by Gasteiger charge is 2.13. The van der Waals surface area contributed by atoms with Crippen LogP contribution in [0.1, 0.15) is 6.92 Å². The molecule has 5 nitrogen and oxygen atoms in total. The van der Waals surface area contributed by atoms with Gasteiger partial charge >= 0.3 is 0 Å². The molecule has 7 heteroatoms. The molecule has 0 unspecified atom stereocenters. The first kappa shape index (κ1) is 20.3. The van der Waals surface area contributed by atoms with E-state index in [-0.39, 0.29) is 12.3 Å². The van der Waals surface area contributed by atoms with Gasteiger partial charge in [0, 0.05) is 23.7 Å². The molecule has 0 aliphatic carbocycles. The van der Waals surface area contributed by atoms with Gasteiger partial charge in [0.25, 0.3) is 0 Å². The van der Waals surface area contributed by atoms with Crippen molar-refractivity contribution in [3.63, 3.8) is 0 Å². The van der Waals surface area contributed by atoms with Crippen molar-refractivity contribution in [2.45, 2.75) is 16.7 Å². The van der Waals surface area contributed by atoms with Gasteiger partial charge < -0.3 is 10.6 Å². The van der Waals surface area contributed by atoms with Crippen molar-refractivity contribution in [3.8, 4) is 0 Å². The summed E-state index contributed by atoms with van der Waals surface area (Å²) in [5.74, 6) is 1.53. The first-order valence-electron chi connectivity index (χ1n) is 8.59. The molecule has 2 N–H and O–H groups in total. The molecule has 0 aliphatic heterocycles. The van der Waals surface area contributed by atoms with Crippen LogP contribution in [0.4, 0.5) is 0 Å². The van der Waals surface area contributed by atoms with Crippen LogP contribution in [-0.2, 0) is 9.84 Å². The predicted octanol–water partition coefficient (Wildman–Crippen LogP) is 2.81. The fraction of sp³-hybridized carbons (Fsp3) is 0.316. The van der Waals surface area contributed by atoms with E-state index in [0.29, 0.717) is 10.9 Å². The molecule has 0 saturated carbocycles. The van der Waals surface area contributed by atoms with Gasteiger partial charge in [-0.2, -0.15) is 0 Å². The largest absolute Gasteiger partial charge is 0.357 e. The van der Waals surface area contributed by atoms with E-state index in [0.717, 1.165) is 18.8 Å². The lowest BCUT2D eigenvalue weighted by atomic mass is 10.4. The van der Waals surface area contributed by atoms with Gasteiger partial charge in [0.15, 0.2) is 15.8 Å². The van der Waals surface area contributed by atoms with Crippen molar-refractivity contribution >= 4 is 27.6 Å². The van der Waals surface area contributed by atoms with Crippen molar-refractivity contribution in [3.05, 3.63) is 60.7 Å². The molecule has 0 atom stereocenters. The van der Waals surface area contributed by atoms with Crippen molar-refractivity contribution in [1.29, 1.82) is 0 Å². The Labute approximate surface area is 160 Å². The molecule has 0 amide bonds. The molecule has 0 fully saturated rings. The van der Waals surface area contributed by atoms with Gasteiger partial charge in [-0.05, 0) is 31.2 Å². The van der Waals surface area contributed by atoms with E-state index >= 15 is 0 Å². The lowest BCUT2D eigenvalue weighted by molar-refractivity contribution is 0.596. The number of rotatable bonds is 9. The maximum absolute atomic E-state index is 12.3. The molecule has 26 heavy (non-hydrogen) atoms. The normalized spacial score (nSPS) is 12.0. The van der Waals surface area contributed by atoms with Gasteiger partial charge in [-0.3, -0.25) is 4.99 Å². The molecule has 0 saturated heterocycles. The minimum atomic E-state index is -3.30. The third-order valence-corrected chi connectivity index (χ3v) is 6.21. The highest BCUT2D eigenvalue weighted by molar-refractivity contribution is 7.99. The Kier molecular flexibility index (Phi) is 8.50. The molecule has 0 heterocycles. The first-order chi connectivity index (χ1) is 12.6. The second-order valence-electron chi connectivity index (χ2n) is 5.48. The maximum Gasteiger partial charge on any atom is 0.191 e. The predicted molar refractivity (Wildman–Crippen MR) is 110 cm³/mol. The number of sulfone groups is 1. The molecule has 0 bridgehead atoms. The highest BCUT2D eigenvalue weighted by Crippen LogP contribution is 2.15. The zero-order valence-corrected chi connectivity index (χ0v) is 16.5. The Bertz CT molecular complexity index is 779. The summed E-state index contributed by atoms with van der Waals surface area (Å²) in [6, 6.07) is 18.7. The Morgan fingerprint density at radius 1 is 1.00 bits per heavy atom. The minimum absolute atomic E-state index is 0.00759. The van der Waals surface area contributed by atoms with Crippen molar-refractivity contribution in [2.75, 3.05) is 31.1 Å². The van der Waals surface area contributed by atoms with Gasteiger partial charge in [-0.25, -0.2) is 8.42 Å².